The Hall–Kier alpha value is -4.66. The number of non-ortho nitro benzene ring substituents is 1. The fourth-order valence-electron chi connectivity index (χ4n) is 3.09. The number of nitro groups is 1. The third-order valence-electron chi connectivity index (χ3n) is 4.70. The van der Waals surface area contributed by atoms with Gasteiger partial charge in [0.25, 0.3) is 17.5 Å². The van der Waals surface area contributed by atoms with Gasteiger partial charge in [0.1, 0.15) is 11.3 Å². The number of hydrogen-bond acceptors (Lipinski definition) is 6. The largest absolute Gasteiger partial charge is 0.494 e. The summed E-state index contributed by atoms with van der Waals surface area (Å²) < 4.78 is 10.9. The number of nitrogens with one attached hydrogen (secondary N) is 2. The van der Waals surface area contributed by atoms with E-state index in [-0.39, 0.29) is 17.0 Å². The molecule has 2 N–H and O–H groups in total. The molecule has 9 nitrogen and oxygen atoms in total. The highest BCUT2D eigenvalue weighted by Gasteiger charge is 2.16. The van der Waals surface area contributed by atoms with E-state index < -0.39 is 16.7 Å². The second-order valence-corrected chi connectivity index (χ2v) is 6.78. The first-order chi connectivity index (χ1) is 15.4. The zero-order valence-electron chi connectivity index (χ0n) is 16.8. The van der Waals surface area contributed by atoms with Gasteiger partial charge in [0, 0.05) is 34.8 Å². The number of rotatable bonds is 6. The topological polar surface area (TPSA) is 124 Å². The van der Waals surface area contributed by atoms with Crippen LogP contribution < -0.4 is 15.4 Å². The highest BCUT2D eigenvalue weighted by molar-refractivity contribution is 6.06. The maximum Gasteiger partial charge on any atom is 0.291 e. The summed E-state index contributed by atoms with van der Waals surface area (Å²) in [6, 6.07) is 18.9. The normalized spacial score (nSPS) is 10.5. The molecule has 1 heterocycles. The molecule has 0 aliphatic rings. The molecule has 0 unspecified atom stereocenters. The number of ether oxygens (including phenoxy) is 1. The van der Waals surface area contributed by atoms with Crippen LogP contribution >= 0.6 is 0 Å². The first-order valence-electron chi connectivity index (χ1n) is 9.48. The van der Waals surface area contributed by atoms with Gasteiger partial charge in [-0.15, -0.1) is 0 Å². The van der Waals surface area contributed by atoms with Crippen LogP contribution in [0, 0.1) is 10.1 Å². The van der Waals surface area contributed by atoms with Crippen LogP contribution in [0.25, 0.3) is 11.0 Å². The van der Waals surface area contributed by atoms with E-state index >= 15 is 0 Å². The summed E-state index contributed by atoms with van der Waals surface area (Å²) in [6.45, 7) is 0. The van der Waals surface area contributed by atoms with Gasteiger partial charge in [-0.3, -0.25) is 19.7 Å². The second-order valence-electron chi connectivity index (χ2n) is 6.78. The summed E-state index contributed by atoms with van der Waals surface area (Å²) in [5, 5.41) is 17.0. The predicted octanol–water partition coefficient (Wildman–Crippen LogP) is 4.85. The van der Waals surface area contributed by atoms with Crippen molar-refractivity contribution < 1.29 is 23.7 Å². The quantitative estimate of drug-likeness (QED) is 0.332. The molecule has 0 aliphatic carbocycles. The highest BCUT2D eigenvalue weighted by atomic mass is 16.6. The molecule has 4 aromatic rings. The molecule has 0 radical (unpaired) electrons. The molecule has 4 rings (SSSR count). The van der Waals surface area contributed by atoms with Gasteiger partial charge in [0.05, 0.1) is 17.7 Å². The Morgan fingerprint density at radius 2 is 1.69 bits per heavy atom. The minimum absolute atomic E-state index is 0.104. The lowest BCUT2D eigenvalue weighted by atomic mass is 10.2. The average Bonchev–Trinajstić information content (AvgIpc) is 3.24. The van der Waals surface area contributed by atoms with E-state index in [2.05, 4.69) is 10.6 Å². The maximum absolute atomic E-state index is 12.6. The van der Waals surface area contributed by atoms with Crippen LogP contribution in [0.5, 0.6) is 5.75 Å². The molecule has 1 aromatic heterocycles. The van der Waals surface area contributed by atoms with Crippen molar-refractivity contribution in [2.45, 2.75) is 0 Å². The van der Waals surface area contributed by atoms with Crippen molar-refractivity contribution >= 4 is 39.8 Å². The smallest absolute Gasteiger partial charge is 0.291 e. The van der Waals surface area contributed by atoms with Crippen LogP contribution in [0.2, 0.25) is 0 Å². The number of methoxy groups -OCH3 is 1. The summed E-state index contributed by atoms with van der Waals surface area (Å²) in [5.74, 6) is -0.400. The first-order valence-corrected chi connectivity index (χ1v) is 9.48. The van der Waals surface area contributed by atoms with E-state index in [0.29, 0.717) is 22.7 Å². The Balaban J connectivity index is 1.49. The van der Waals surface area contributed by atoms with Gasteiger partial charge in [-0.2, -0.15) is 0 Å². The Morgan fingerprint density at radius 3 is 2.38 bits per heavy atom. The monoisotopic (exact) mass is 431 g/mol. The van der Waals surface area contributed by atoms with E-state index in [1.54, 1.807) is 30.3 Å². The molecule has 0 fully saturated rings. The maximum atomic E-state index is 12.6. The molecular formula is C23H17N3O6. The number of nitrogens with zero attached hydrogens (tertiary/aromatic N) is 1. The number of benzene rings is 3. The standard InChI is InChI=1S/C23H17N3O6/c1-31-20-13-16(24-22(27)14-6-9-17(10-7-14)26(29)30)8-11-18(20)25-23(28)21-12-15-4-2-3-5-19(15)32-21/h2-13H,1H3,(H,24,27)(H,25,28). The Kier molecular flexibility index (Phi) is 5.54. The summed E-state index contributed by atoms with van der Waals surface area (Å²) in [5.41, 5.74) is 1.58. The molecule has 0 saturated carbocycles. The Bertz CT molecular complexity index is 1290. The zero-order chi connectivity index (χ0) is 22.7. The number of amides is 2. The zero-order valence-corrected chi connectivity index (χ0v) is 16.8. The molecule has 9 heteroatoms. The van der Waals surface area contributed by atoms with Gasteiger partial charge in [-0.25, -0.2) is 0 Å². The summed E-state index contributed by atoms with van der Waals surface area (Å²) >= 11 is 0. The van der Waals surface area contributed by atoms with Gasteiger partial charge < -0.3 is 19.8 Å². The second kappa shape index (κ2) is 8.60. The number of carbonyl (C=O) groups excluding carboxylic acids is 2. The number of para-hydroxylation sites is 1. The van der Waals surface area contributed by atoms with E-state index in [4.69, 9.17) is 9.15 Å². The van der Waals surface area contributed by atoms with Crippen molar-refractivity contribution in [2.75, 3.05) is 17.7 Å². The Labute approximate surface area is 181 Å². The number of fused-ring (bicyclic) bond motifs is 1. The number of carbonyl (C=O) groups is 2. The summed E-state index contributed by atoms with van der Waals surface area (Å²) in [4.78, 5) is 35.2. The number of anilines is 2. The Morgan fingerprint density at radius 1 is 0.938 bits per heavy atom. The molecule has 0 atom stereocenters. The molecule has 0 aliphatic heterocycles. The lowest BCUT2D eigenvalue weighted by molar-refractivity contribution is -0.384. The molecule has 0 spiro atoms. The fourth-order valence-corrected chi connectivity index (χ4v) is 3.09. The van der Waals surface area contributed by atoms with Crippen molar-refractivity contribution in [3.63, 3.8) is 0 Å². The first kappa shape index (κ1) is 20.6. The van der Waals surface area contributed by atoms with Gasteiger partial charge in [-0.1, -0.05) is 18.2 Å². The third kappa shape index (κ3) is 4.26. The van der Waals surface area contributed by atoms with Gasteiger partial charge in [0.15, 0.2) is 5.76 Å². The minimum Gasteiger partial charge on any atom is -0.494 e. The number of nitro benzene ring substituents is 1. The molecule has 0 saturated heterocycles. The van der Waals surface area contributed by atoms with E-state index in [9.17, 15) is 19.7 Å². The molecule has 0 bridgehead atoms. The molecular weight excluding hydrogens is 414 g/mol. The highest BCUT2D eigenvalue weighted by Crippen LogP contribution is 2.29. The van der Waals surface area contributed by atoms with Gasteiger partial charge in [0.2, 0.25) is 0 Å². The van der Waals surface area contributed by atoms with Crippen LogP contribution in [-0.2, 0) is 0 Å². The van der Waals surface area contributed by atoms with Crippen molar-refractivity contribution in [3.05, 3.63) is 94.2 Å². The number of hydrogen-bond donors (Lipinski definition) is 2. The fraction of sp³-hybridized carbons (Fsp3) is 0.0435. The van der Waals surface area contributed by atoms with Gasteiger partial charge in [-0.05, 0) is 36.4 Å². The third-order valence-corrected chi connectivity index (χ3v) is 4.70. The SMILES string of the molecule is COc1cc(NC(=O)c2ccc([N+](=O)[O-])cc2)ccc1NC(=O)c1cc2ccccc2o1. The number of furan rings is 1. The minimum atomic E-state index is -0.537. The van der Waals surface area contributed by atoms with Crippen LogP contribution in [0.15, 0.2) is 77.2 Å². The molecule has 3 aromatic carbocycles. The van der Waals surface area contributed by atoms with Crippen molar-refractivity contribution in [1.82, 2.24) is 0 Å². The molecule has 160 valence electrons. The van der Waals surface area contributed by atoms with E-state index in [1.165, 1.54) is 31.4 Å². The summed E-state index contributed by atoms with van der Waals surface area (Å²) in [6.07, 6.45) is 0. The lowest BCUT2D eigenvalue weighted by Crippen LogP contribution is -2.13. The van der Waals surface area contributed by atoms with Crippen molar-refractivity contribution in [3.8, 4) is 5.75 Å². The van der Waals surface area contributed by atoms with Crippen LogP contribution in [0.3, 0.4) is 0 Å². The van der Waals surface area contributed by atoms with Crippen LogP contribution in [0.1, 0.15) is 20.9 Å². The average molecular weight is 431 g/mol. The van der Waals surface area contributed by atoms with Crippen molar-refractivity contribution in [1.29, 1.82) is 0 Å². The predicted molar refractivity (Wildman–Crippen MR) is 118 cm³/mol. The molecule has 2 amide bonds. The van der Waals surface area contributed by atoms with Crippen LogP contribution in [-0.4, -0.2) is 23.8 Å². The van der Waals surface area contributed by atoms with Crippen LogP contribution in [0.4, 0.5) is 17.1 Å². The van der Waals surface area contributed by atoms with E-state index in [0.717, 1.165) is 5.39 Å². The van der Waals surface area contributed by atoms with Gasteiger partial charge >= 0.3 is 0 Å². The van der Waals surface area contributed by atoms with Crippen molar-refractivity contribution in [2.24, 2.45) is 0 Å². The lowest BCUT2D eigenvalue weighted by Gasteiger charge is -2.12. The summed E-state index contributed by atoms with van der Waals surface area (Å²) in [7, 11) is 1.44. The van der Waals surface area contributed by atoms with E-state index in [1.807, 2.05) is 18.2 Å². The molecule has 32 heavy (non-hydrogen) atoms.